The first-order valence-electron chi connectivity index (χ1n) is 11.0. The quantitative estimate of drug-likeness (QED) is 0.475. The van der Waals surface area contributed by atoms with Crippen molar-refractivity contribution in [3.63, 3.8) is 0 Å². The number of anilines is 1. The molecule has 2 amide bonds. The number of aliphatic hydroxyl groups excluding tert-OH is 1. The van der Waals surface area contributed by atoms with Crippen LogP contribution in [0.25, 0.3) is 0 Å². The van der Waals surface area contributed by atoms with E-state index in [0.29, 0.717) is 28.8 Å². The van der Waals surface area contributed by atoms with Gasteiger partial charge in [0, 0.05) is 24.8 Å². The minimum absolute atomic E-state index is 0.00761. The third kappa shape index (κ3) is 5.07. The predicted octanol–water partition coefficient (Wildman–Crippen LogP) is 2.36. The Morgan fingerprint density at radius 3 is 2.68 bits per heavy atom. The molecule has 0 fully saturated rings. The van der Waals surface area contributed by atoms with Gasteiger partial charge in [0.1, 0.15) is 11.8 Å². The van der Waals surface area contributed by atoms with Crippen LogP contribution in [0.15, 0.2) is 53.7 Å². The zero-order valence-electron chi connectivity index (χ0n) is 19.1. The lowest BCUT2D eigenvalue weighted by molar-refractivity contribution is -0.116. The van der Waals surface area contributed by atoms with Crippen molar-refractivity contribution in [3.05, 3.63) is 65.5 Å². The average Bonchev–Trinajstić information content (AvgIpc) is 3.25. The zero-order valence-corrected chi connectivity index (χ0v) is 19.9. The topological polar surface area (TPSA) is 110 Å². The molecule has 0 bridgehead atoms. The standard InChI is InChI=1S/C24H27N5O4S/c1-28-22(19(14-30)25-23(32)17-9-11-18(33-2)12-10-17)26-27-24(28)34-15-21(31)29-13-5-7-16-6-3-4-8-20(16)29/h3-4,6,8-12,19,30H,5,7,13-15H2,1-2H3,(H,25,32)/t19-/m1/s1. The highest BCUT2D eigenvalue weighted by atomic mass is 32.2. The SMILES string of the molecule is COc1ccc(C(=O)N[C@H](CO)c2nnc(SCC(=O)N3CCCc4ccccc43)n2C)cc1. The Hall–Kier alpha value is -3.37. The normalized spacial score (nSPS) is 13.8. The number of carbonyl (C=O) groups is 2. The highest BCUT2D eigenvalue weighted by Gasteiger charge is 2.25. The van der Waals surface area contributed by atoms with Gasteiger partial charge in [-0.2, -0.15) is 0 Å². The second kappa shape index (κ2) is 10.7. The van der Waals surface area contributed by atoms with E-state index >= 15 is 0 Å². The Balaban J connectivity index is 1.40. The predicted molar refractivity (Wildman–Crippen MR) is 129 cm³/mol. The van der Waals surface area contributed by atoms with Gasteiger partial charge in [0.05, 0.1) is 19.5 Å². The molecule has 1 aliphatic rings. The number of fused-ring (bicyclic) bond motifs is 1. The number of hydrogen-bond donors (Lipinski definition) is 2. The van der Waals surface area contributed by atoms with Crippen molar-refractivity contribution in [1.29, 1.82) is 0 Å². The summed E-state index contributed by atoms with van der Waals surface area (Å²) in [4.78, 5) is 27.4. The van der Waals surface area contributed by atoms with Crippen molar-refractivity contribution in [2.75, 3.05) is 30.9 Å². The molecular weight excluding hydrogens is 454 g/mol. The summed E-state index contributed by atoms with van der Waals surface area (Å²) in [5.41, 5.74) is 2.59. The van der Waals surface area contributed by atoms with Gasteiger partial charge in [-0.3, -0.25) is 9.59 Å². The Bertz CT molecular complexity index is 1160. The zero-order chi connectivity index (χ0) is 24.1. The second-order valence-electron chi connectivity index (χ2n) is 7.90. The van der Waals surface area contributed by atoms with Gasteiger partial charge in [-0.1, -0.05) is 30.0 Å². The van der Waals surface area contributed by atoms with E-state index in [2.05, 4.69) is 21.6 Å². The average molecular weight is 482 g/mol. The molecular formula is C24H27N5O4S. The van der Waals surface area contributed by atoms with Gasteiger partial charge in [0.25, 0.3) is 5.91 Å². The first kappa shape index (κ1) is 23.8. The Morgan fingerprint density at radius 1 is 1.18 bits per heavy atom. The van der Waals surface area contributed by atoms with E-state index in [4.69, 9.17) is 4.74 Å². The number of aliphatic hydroxyl groups is 1. The van der Waals surface area contributed by atoms with E-state index in [1.165, 1.54) is 17.3 Å². The Kier molecular flexibility index (Phi) is 7.49. The number of rotatable bonds is 8. The van der Waals surface area contributed by atoms with Crippen molar-refractivity contribution in [2.45, 2.75) is 24.0 Å². The summed E-state index contributed by atoms with van der Waals surface area (Å²) in [5.74, 6) is 0.920. The van der Waals surface area contributed by atoms with E-state index < -0.39 is 6.04 Å². The summed E-state index contributed by atoms with van der Waals surface area (Å²) < 4.78 is 6.80. The molecule has 0 saturated heterocycles. The van der Waals surface area contributed by atoms with E-state index in [1.807, 2.05) is 23.1 Å². The highest BCUT2D eigenvalue weighted by molar-refractivity contribution is 7.99. The Labute approximate surface area is 202 Å². The van der Waals surface area contributed by atoms with Gasteiger partial charge in [-0.15, -0.1) is 10.2 Å². The molecule has 0 aliphatic carbocycles. The third-order valence-corrected chi connectivity index (χ3v) is 6.76. The molecule has 10 heteroatoms. The molecule has 2 aromatic carbocycles. The number of amides is 2. The van der Waals surface area contributed by atoms with E-state index in [-0.39, 0.29) is 24.2 Å². The van der Waals surface area contributed by atoms with Crippen molar-refractivity contribution in [3.8, 4) is 5.75 Å². The number of para-hydroxylation sites is 1. The number of carbonyl (C=O) groups excluding carboxylic acids is 2. The molecule has 0 saturated carbocycles. The number of hydrogen-bond acceptors (Lipinski definition) is 7. The molecule has 0 unspecified atom stereocenters. The summed E-state index contributed by atoms with van der Waals surface area (Å²) in [6, 6.07) is 13.9. The van der Waals surface area contributed by atoms with Crippen LogP contribution >= 0.6 is 11.8 Å². The largest absolute Gasteiger partial charge is 0.497 e. The molecule has 0 spiro atoms. The van der Waals surface area contributed by atoms with Crippen LogP contribution in [-0.4, -0.2) is 57.7 Å². The van der Waals surface area contributed by atoms with Crippen LogP contribution in [0.5, 0.6) is 5.75 Å². The van der Waals surface area contributed by atoms with Crippen LogP contribution in [0.2, 0.25) is 0 Å². The maximum atomic E-state index is 12.9. The van der Waals surface area contributed by atoms with Crippen LogP contribution in [0, 0.1) is 0 Å². The first-order chi connectivity index (χ1) is 16.5. The fraction of sp³-hybridized carbons (Fsp3) is 0.333. The molecule has 4 rings (SSSR count). The molecule has 9 nitrogen and oxygen atoms in total. The van der Waals surface area contributed by atoms with E-state index in [1.54, 1.807) is 43.0 Å². The molecule has 1 atom stereocenters. The Morgan fingerprint density at radius 2 is 1.94 bits per heavy atom. The monoisotopic (exact) mass is 481 g/mol. The number of methoxy groups -OCH3 is 1. The number of aryl methyl sites for hydroxylation is 1. The maximum Gasteiger partial charge on any atom is 0.251 e. The lowest BCUT2D eigenvalue weighted by atomic mass is 10.0. The number of ether oxygens (including phenoxy) is 1. The van der Waals surface area contributed by atoms with Crippen molar-refractivity contribution >= 4 is 29.3 Å². The molecule has 1 aromatic heterocycles. The summed E-state index contributed by atoms with van der Waals surface area (Å²) in [7, 11) is 3.31. The van der Waals surface area contributed by atoms with Gasteiger partial charge >= 0.3 is 0 Å². The van der Waals surface area contributed by atoms with Gasteiger partial charge in [0.2, 0.25) is 5.91 Å². The van der Waals surface area contributed by atoms with Gasteiger partial charge < -0.3 is 24.6 Å². The molecule has 1 aliphatic heterocycles. The van der Waals surface area contributed by atoms with Crippen molar-refractivity contribution in [2.24, 2.45) is 7.05 Å². The lowest BCUT2D eigenvalue weighted by Gasteiger charge is -2.29. The van der Waals surface area contributed by atoms with Gasteiger partial charge in [0.15, 0.2) is 11.0 Å². The van der Waals surface area contributed by atoms with E-state index in [9.17, 15) is 14.7 Å². The second-order valence-corrected chi connectivity index (χ2v) is 8.85. The van der Waals surface area contributed by atoms with Gasteiger partial charge in [-0.05, 0) is 48.7 Å². The highest BCUT2D eigenvalue weighted by Crippen LogP contribution is 2.28. The smallest absolute Gasteiger partial charge is 0.251 e. The number of benzene rings is 2. The molecule has 0 radical (unpaired) electrons. The third-order valence-electron chi connectivity index (χ3n) is 5.76. The first-order valence-corrected chi connectivity index (χ1v) is 12.0. The number of aromatic nitrogens is 3. The van der Waals surface area contributed by atoms with Crippen LogP contribution in [-0.2, 0) is 18.3 Å². The summed E-state index contributed by atoms with van der Waals surface area (Å²) in [5, 5.41) is 21.5. The summed E-state index contributed by atoms with van der Waals surface area (Å²) in [6.45, 7) is 0.354. The van der Waals surface area contributed by atoms with Crippen LogP contribution in [0.4, 0.5) is 5.69 Å². The molecule has 2 heterocycles. The van der Waals surface area contributed by atoms with Crippen LogP contribution < -0.4 is 15.0 Å². The van der Waals surface area contributed by atoms with E-state index in [0.717, 1.165) is 18.5 Å². The minimum atomic E-state index is -0.744. The van der Waals surface area contributed by atoms with Crippen molar-refractivity contribution in [1.82, 2.24) is 20.1 Å². The fourth-order valence-electron chi connectivity index (χ4n) is 3.93. The number of thioether (sulfide) groups is 1. The van der Waals surface area contributed by atoms with Crippen LogP contribution in [0.1, 0.15) is 34.2 Å². The minimum Gasteiger partial charge on any atom is -0.497 e. The summed E-state index contributed by atoms with van der Waals surface area (Å²) >= 11 is 1.28. The maximum absolute atomic E-state index is 12.9. The lowest BCUT2D eigenvalue weighted by Crippen LogP contribution is -2.36. The van der Waals surface area contributed by atoms with Crippen molar-refractivity contribution < 1.29 is 19.4 Å². The molecule has 34 heavy (non-hydrogen) atoms. The number of nitrogens with zero attached hydrogens (tertiary/aromatic N) is 4. The molecule has 3 aromatic rings. The molecule has 2 N–H and O–H groups in total. The fourth-order valence-corrected chi connectivity index (χ4v) is 4.72. The van der Waals surface area contributed by atoms with Crippen LogP contribution in [0.3, 0.4) is 0 Å². The summed E-state index contributed by atoms with van der Waals surface area (Å²) in [6.07, 6.45) is 1.91. The molecule has 178 valence electrons. The van der Waals surface area contributed by atoms with Gasteiger partial charge in [-0.25, -0.2) is 0 Å². The number of nitrogens with one attached hydrogen (secondary N) is 1.